The molecule has 0 aliphatic heterocycles. The van der Waals surface area contributed by atoms with Crippen LogP contribution in [0.3, 0.4) is 0 Å². The van der Waals surface area contributed by atoms with Gasteiger partial charge in [0.05, 0.1) is 0 Å². The van der Waals surface area contributed by atoms with Crippen molar-refractivity contribution in [3.63, 3.8) is 0 Å². The van der Waals surface area contributed by atoms with Crippen LogP contribution in [0.4, 0.5) is 5.69 Å². The standard InChI is InChI=1S/C11H7Cl2N3O3/c12-5-1-6(13)3-7(2-5)15-9(17)8-4-14-11(19)16-10(8)18/h1-4H,(H,15,17)(H2,14,16,18,19). The predicted octanol–water partition coefficient (Wildman–Crippen LogP) is 1.62. The molecule has 1 amide bonds. The zero-order valence-electron chi connectivity index (χ0n) is 9.29. The monoisotopic (exact) mass is 299 g/mol. The van der Waals surface area contributed by atoms with Gasteiger partial charge in [-0.2, -0.15) is 0 Å². The quantitative estimate of drug-likeness (QED) is 0.786. The van der Waals surface area contributed by atoms with E-state index in [0.29, 0.717) is 15.7 Å². The normalized spacial score (nSPS) is 10.2. The number of hydrogen-bond acceptors (Lipinski definition) is 3. The zero-order chi connectivity index (χ0) is 14.0. The lowest BCUT2D eigenvalue weighted by atomic mass is 10.2. The van der Waals surface area contributed by atoms with Gasteiger partial charge in [0.25, 0.3) is 11.5 Å². The fraction of sp³-hybridized carbons (Fsp3) is 0. The van der Waals surface area contributed by atoms with Gasteiger partial charge >= 0.3 is 5.69 Å². The van der Waals surface area contributed by atoms with Gasteiger partial charge in [0.1, 0.15) is 5.56 Å². The van der Waals surface area contributed by atoms with Crippen LogP contribution in [-0.2, 0) is 0 Å². The molecule has 19 heavy (non-hydrogen) atoms. The molecule has 1 heterocycles. The molecule has 6 nitrogen and oxygen atoms in total. The minimum atomic E-state index is -0.783. The predicted molar refractivity (Wildman–Crippen MR) is 72.1 cm³/mol. The molecule has 2 aromatic rings. The Hall–Kier alpha value is -2.05. The first-order valence-corrected chi connectivity index (χ1v) is 5.81. The smallest absolute Gasteiger partial charge is 0.322 e. The van der Waals surface area contributed by atoms with E-state index in [4.69, 9.17) is 23.2 Å². The molecule has 8 heteroatoms. The molecule has 98 valence electrons. The van der Waals surface area contributed by atoms with E-state index < -0.39 is 17.2 Å². The Morgan fingerprint density at radius 2 is 1.74 bits per heavy atom. The van der Waals surface area contributed by atoms with E-state index >= 15 is 0 Å². The summed E-state index contributed by atoms with van der Waals surface area (Å²) in [6.45, 7) is 0. The number of anilines is 1. The first kappa shape index (κ1) is 13.4. The number of H-pyrrole nitrogens is 2. The molecule has 1 aromatic heterocycles. The van der Waals surface area contributed by atoms with E-state index in [1.54, 1.807) is 0 Å². The SMILES string of the molecule is O=C(Nc1cc(Cl)cc(Cl)c1)c1c[nH]c(=O)[nH]c1=O. The van der Waals surface area contributed by atoms with E-state index in [9.17, 15) is 14.4 Å². The minimum absolute atomic E-state index is 0.226. The van der Waals surface area contributed by atoms with Crippen LogP contribution in [-0.4, -0.2) is 15.9 Å². The van der Waals surface area contributed by atoms with Gasteiger partial charge in [-0.05, 0) is 18.2 Å². The Bertz CT molecular complexity index is 731. The fourth-order valence-corrected chi connectivity index (χ4v) is 1.93. The fourth-order valence-electron chi connectivity index (χ4n) is 1.40. The number of nitrogens with one attached hydrogen (secondary N) is 3. The van der Waals surface area contributed by atoms with Crippen molar-refractivity contribution in [2.75, 3.05) is 5.32 Å². The van der Waals surface area contributed by atoms with Crippen LogP contribution in [0, 0.1) is 0 Å². The average molecular weight is 300 g/mol. The van der Waals surface area contributed by atoms with Gasteiger partial charge in [-0.1, -0.05) is 23.2 Å². The Balaban J connectivity index is 2.30. The van der Waals surface area contributed by atoms with Gasteiger partial charge in [-0.3, -0.25) is 14.6 Å². The summed E-state index contributed by atoms with van der Waals surface area (Å²) in [7, 11) is 0. The third-order valence-electron chi connectivity index (χ3n) is 2.18. The molecule has 2 rings (SSSR count). The summed E-state index contributed by atoms with van der Waals surface area (Å²) in [5.74, 6) is -0.684. The average Bonchev–Trinajstić information content (AvgIpc) is 2.26. The van der Waals surface area contributed by atoms with Gasteiger partial charge in [-0.15, -0.1) is 0 Å². The first-order valence-electron chi connectivity index (χ1n) is 5.05. The number of amides is 1. The maximum absolute atomic E-state index is 11.8. The molecule has 0 radical (unpaired) electrons. The molecular formula is C11H7Cl2N3O3. The van der Waals surface area contributed by atoms with E-state index in [0.717, 1.165) is 6.20 Å². The van der Waals surface area contributed by atoms with Gasteiger partial charge in [-0.25, -0.2) is 4.79 Å². The van der Waals surface area contributed by atoms with Crippen LogP contribution in [0.25, 0.3) is 0 Å². The highest BCUT2D eigenvalue weighted by atomic mass is 35.5. The number of carbonyl (C=O) groups is 1. The van der Waals surface area contributed by atoms with Gasteiger partial charge < -0.3 is 10.3 Å². The summed E-state index contributed by atoms with van der Waals surface area (Å²) in [6.07, 6.45) is 1.03. The van der Waals surface area contributed by atoms with Crippen LogP contribution in [0.15, 0.2) is 34.0 Å². The molecule has 1 aromatic carbocycles. The Morgan fingerprint density at radius 1 is 1.11 bits per heavy atom. The highest BCUT2D eigenvalue weighted by Gasteiger charge is 2.11. The van der Waals surface area contributed by atoms with Crippen molar-refractivity contribution in [2.45, 2.75) is 0 Å². The summed E-state index contributed by atoms with van der Waals surface area (Å²) < 4.78 is 0. The van der Waals surface area contributed by atoms with E-state index in [1.807, 2.05) is 4.98 Å². The first-order chi connectivity index (χ1) is 8.95. The second kappa shape index (κ2) is 5.29. The van der Waals surface area contributed by atoms with Gasteiger partial charge in [0.15, 0.2) is 0 Å². The maximum Gasteiger partial charge on any atom is 0.325 e. The lowest BCUT2D eigenvalue weighted by Gasteiger charge is -2.05. The van der Waals surface area contributed by atoms with E-state index in [1.165, 1.54) is 18.2 Å². The number of halogens is 2. The topological polar surface area (TPSA) is 94.8 Å². The maximum atomic E-state index is 11.8. The van der Waals surface area contributed by atoms with Crippen molar-refractivity contribution in [2.24, 2.45) is 0 Å². The molecule has 0 saturated heterocycles. The molecule has 0 aliphatic carbocycles. The van der Waals surface area contributed by atoms with Crippen LogP contribution in [0.2, 0.25) is 10.0 Å². The van der Waals surface area contributed by atoms with Crippen molar-refractivity contribution in [1.82, 2.24) is 9.97 Å². The Labute approximate surface area is 116 Å². The summed E-state index contributed by atoms with van der Waals surface area (Å²) in [5.41, 5.74) is -1.36. The number of aromatic nitrogens is 2. The van der Waals surface area contributed by atoms with Crippen molar-refractivity contribution in [3.05, 3.63) is 60.8 Å². The Morgan fingerprint density at radius 3 is 2.32 bits per heavy atom. The number of hydrogen-bond donors (Lipinski definition) is 3. The van der Waals surface area contributed by atoms with E-state index in [2.05, 4.69) is 10.3 Å². The van der Waals surface area contributed by atoms with Crippen LogP contribution in [0.5, 0.6) is 0 Å². The molecule has 3 N–H and O–H groups in total. The number of rotatable bonds is 2. The highest BCUT2D eigenvalue weighted by molar-refractivity contribution is 6.35. The van der Waals surface area contributed by atoms with Crippen molar-refractivity contribution in [1.29, 1.82) is 0 Å². The van der Waals surface area contributed by atoms with Crippen molar-refractivity contribution >= 4 is 34.8 Å². The van der Waals surface area contributed by atoms with Crippen LogP contribution in [0.1, 0.15) is 10.4 Å². The molecule has 0 atom stereocenters. The highest BCUT2D eigenvalue weighted by Crippen LogP contribution is 2.22. The molecule has 0 aliphatic rings. The second-order valence-electron chi connectivity index (χ2n) is 3.60. The molecule has 0 bridgehead atoms. The molecular weight excluding hydrogens is 293 g/mol. The van der Waals surface area contributed by atoms with Crippen LogP contribution < -0.4 is 16.6 Å². The minimum Gasteiger partial charge on any atom is -0.322 e. The molecule has 0 unspecified atom stereocenters. The van der Waals surface area contributed by atoms with Gasteiger partial charge in [0.2, 0.25) is 0 Å². The number of benzene rings is 1. The summed E-state index contributed by atoms with van der Waals surface area (Å²) in [4.78, 5) is 38.2. The second-order valence-corrected chi connectivity index (χ2v) is 4.47. The Kier molecular flexibility index (Phi) is 3.73. The van der Waals surface area contributed by atoms with Crippen LogP contribution >= 0.6 is 23.2 Å². The third-order valence-corrected chi connectivity index (χ3v) is 2.62. The largest absolute Gasteiger partial charge is 0.325 e. The summed E-state index contributed by atoms with van der Waals surface area (Å²) in [5, 5.41) is 3.14. The lowest BCUT2D eigenvalue weighted by Crippen LogP contribution is -2.29. The molecule has 0 spiro atoms. The van der Waals surface area contributed by atoms with E-state index in [-0.39, 0.29) is 5.56 Å². The summed E-state index contributed by atoms with van der Waals surface area (Å²) >= 11 is 11.6. The number of aromatic amines is 2. The van der Waals surface area contributed by atoms with Crippen molar-refractivity contribution in [3.8, 4) is 0 Å². The van der Waals surface area contributed by atoms with Crippen molar-refractivity contribution < 1.29 is 4.79 Å². The molecule has 0 fully saturated rings. The summed E-state index contributed by atoms with van der Waals surface area (Å²) in [6, 6.07) is 4.46. The molecule has 0 saturated carbocycles. The lowest BCUT2D eigenvalue weighted by molar-refractivity contribution is 0.102. The zero-order valence-corrected chi connectivity index (χ0v) is 10.8. The third kappa shape index (κ3) is 3.24. The van der Waals surface area contributed by atoms with Gasteiger partial charge in [0, 0.05) is 21.9 Å². The number of carbonyl (C=O) groups excluding carboxylic acids is 1.